The van der Waals surface area contributed by atoms with Crippen LogP contribution in [0.1, 0.15) is 39.5 Å². The molecule has 1 aliphatic heterocycles. The van der Waals surface area contributed by atoms with Crippen LogP contribution in [0.5, 0.6) is 17.2 Å². The van der Waals surface area contributed by atoms with Crippen LogP contribution in [0.4, 0.5) is 5.13 Å². The largest absolute Gasteiger partial charge is 0.507 e. The van der Waals surface area contributed by atoms with E-state index in [1.54, 1.807) is 62.4 Å². The fourth-order valence-corrected chi connectivity index (χ4v) is 5.33. The Hall–Kier alpha value is -4.64. The molecule has 208 valence electrons. The number of esters is 1. The van der Waals surface area contributed by atoms with E-state index in [1.165, 1.54) is 14.2 Å². The van der Waals surface area contributed by atoms with Gasteiger partial charge in [0.25, 0.3) is 5.78 Å². The van der Waals surface area contributed by atoms with Gasteiger partial charge in [0.1, 0.15) is 29.0 Å². The van der Waals surface area contributed by atoms with Gasteiger partial charge in [-0.3, -0.25) is 14.5 Å². The fourth-order valence-electron chi connectivity index (χ4n) is 4.34. The zero-order valence-corrected chi connectivity index (χ0v) is 23.2. The third-order valence-electron chi connectivity index (χ3n) is 6.12. The molecule has 1 aliphatic rings. The van der Waals surface area contributed by atoms with Crippen molar-refractivity contribution in [3.8, 4) is 17.2 Å². The van der Waals surface area contributed by atoms with Crippen molar-refractivity contribution in [2.24, 2.45) is 0 Å². The molecule has 1 fully saturated rings. The monoisotopic (exact) mass is 564 g/mol. The quantitative estimate of drug-likeness (QED) is 0.121. The van der Waals surface area contributed by atoms with Crippen LogP contribution in [0.15, 0.2) is 60.7 Å². The third kappa shape index (κ3) is 5.15. The zero-order chi connectivity index (χ0) is 29.0. The van der Waals surface area contributed by atoms with Crippen molar-refractivity contribution in [3.63, 3.8) is 0 Å². The molecule has 4 rings (SSSR count). The van der Waals surface area contributed by atoms with Gasteiger partial charge in [0, 0.05) is 11.1 Å². The maximum atomic E-state index is 13.6. The van der Waals surface area contributed by atoms with Gasteiger partial charge in [-0.25, -0.2) is 9.78 Å². The van der Waals surface area contributed by atoms with Crippen LogP contribution in [0.25, 0.3) is 5.76 Å². The van der Waals surface area contributed by atoms with Crippen molar-refractivity contribution in [1.82, 2.24) is 4.98 Å². The van der Waals surface area contributed by atoms with Crippen LogP contribution >= 0.6 is 11.3 Å². The van der Waals surface area contributed by atoms with Crippen LogP contribution < -0.4 is 19.1 Å². The Morgan fingerprint density at radius 2 is 1.88 bits per heavy atom. The number of thiazole rings is 1. The number of ether oxygens (including phenoxy) is 4. The van der Waals surface area contributed by atoms with Crippen molar-refractivity contribution in [1.29, 1.82) is 0 Å². The molecule has 1 saturated heterocycles. The lowest BCUT2D eigenvalue weighted by atomic mass is 9.94. The highest BCUT2D eigenvalue weighted by Gasteiger charge is 2.49. The van der Waals surface area contributed by atoms with E-state index in [2.05, 4.69) is 11.6 Å². The Bertz CT molecular complexity index is 1490. The molecule has 0 saturated carbocycles. The van der Waals surface area contributed by atoms with Gasteiger partial charge in [0.15, 0.2) is 16.6 Å². The van der Waals surface area contributed by atoms with Gasteiger partial charge in [-0.15, -0.1) is 0 Å². The van der Waals surface area contributed by atoms with Gasteiger partial charge in [-0.2, -0.15) is 0 Å². The number of ketones is 1. The van der Waals surface area contributed by atoms with E-state index in [9.17, 15) is 19.5 Å². The second kappa shape index (κ2) is 12.0. The predicted octanol–water partition coefficient (Wildman–Crippen LogP) is 4.84. The van der Waals surface area contributed by atoms with Crippen molar-refractivity contribution in [2.75, 3.05) is 32.3 Å². The number of carbonyl (C=O) groups excluding carboxylic acids is 3. The van der Waals surface area contributed by atoms with E-state index >= 15 is 0 Å². The zero-order valence-electron chi connectivity index (χ0n) is 22.4. The minimum atomic E-state index is -1.15. The molecule has 1 amide bonds. The van der Waals surface area contributed by atoms with Crippen LogP contribution in [-0.4, -0.2) is 55.2 Å². The van der Waals surface area contributed by atoms with Crippen LogP contribution in [0.3, 0.4) is 0 Å². The third-order valence-corrected chi connectivity index (χ3v) is 7.26. The molecule has 11 heteroatoms. The smallest absolute Gasteiger partial charge is 0.350 e. The summed E-state index contributed by atoms with van der Waals surface area (Å²) < 4.78 is 21.7. The van der Waals surface area contributed by atoms with Gasteiger partial charge in [0.05, 0.1) is 32.1 Å². The van der Waals surface area contributed by atoms with Crippen LogP contribution in [0, 0.1) is 6.92 Å². The van der Waals surface area contributed by atoms with Gasteiger partial charge < -0.3 is 24.1 Å². The Balaban J connectivity index is 1.93. The standard InChI is InChI=1S/C29H28N2O8S/c1-6-15-39-18-13-11-17(12-14-18)23(32)21-22(19-9-8-10-20(36-4)25(19)37-5)31(27(34)24(21)33)29-30-16(3)26(40-29)28(35)38-7-2/h6,8-14,22,32H,1,7,15H2,2-5H3/b23-21+. The van der Waals surface area contributed by atoms with Crippen LogP contribution in [0.2, 0.25) is 0 Å². The molecule has 1 N–H and O–H groups in total. The highest BCUT2D eigenvalue weighted by Crippen LogP contribution is 2.48. The molecule has 0 spiro atoms. The number of hydrogen-bond donors (Lipinski definition) is 1. The van der Waals surface area contributed by atoms with Gasteiger partial charge in [0.2, 0.25) is 0 Å². The Morgan fingerprint density at radius 3 is 2.50 bits per heavy atom. The average molecular weight is 565 g/mol. The molecular weight excluding hydrogens is 536 g/mol. The van der Waals surface area contributed by atoms with Crippen molar-refractivity contribution >= 4 is 39.9 Å². The predicted molar refractivity (Wildman–Crippen MR) is 149 cm³/mol. The summed E-state index contributed by atoms with van der Waals surface area (Å²) in [4.78, 5) is 45.4. The lowest BCUT2D eigenvalue weighted by Crippen LogP contribution is -2.29. The summed E-state index contributed by atoms with van der Waals surface area (Å²) in [5, 5.41) is 11.5. The van der Waals surface area contributed by atoms with E-state index in [4.69, 9.17) is 18.9 Å². The molecule has 0 bridgehead atoms. The molecule has 1 atom stereocenters. The summed E-state index contributed by atoms with van der Waals surface area (Å²) in [7, 11) is 2.90. The van der Waals surface area contributed by atoms with E-state index in [0.717, 1.165) is 16.2 Å². The van der Waals surface area contributed by atoms with Crippen molar-refractivity contribution < 1.29 is 38.4 Å². The van der Waals surface area contributed by atoms with E-state index < -0.39 is 29.5 Å². The number of para-hydroxylation sites is 1. The number of nitrogens with zero attached hydrogens (tertiary/aromatic N) is 2. The summed E-state index contributed by atoms with van der Waals surface area (Å²) in [5.74, 6) is -1.68. The van der Waals surface area contributed by atoms with E-state index in [-0.39, 0.29) is 27.9 Å². The topological polar surface area (TPSA) is 124 Å². The molecule has 40 heavy (non-hydrogen) atoms. The number of benzene rings is 2. The first-order chi connectivity index (χ1) is 19.3. The molecule has 0 aliphatic carbocycles. The van der Waals surface area contributed by atoms with Crippen LogP contribution in [-0.2, 0) is 14.3 Å². The SMILES string of the molecule is C=CCOc1ccc(/C(O)=C2\C(=O)C(=O)N(c3nc(C)c(C(=O)OCC)s3)C2c2cccc(OC)c2OC)cc1. The summed E-state index contributed by atoms with van der Waals surface area (Å²) >= 11 is 0.918. The maximum absolute atomic E-state index is 13.6. The molecule has 1 unspecified atom stereocenters. The summed E-state index contributed by atoms with van der Waals surface area (Å²) in [6, 6.07) is 10.3. The number of aliphatic hydroxyl groups excluding tert-OH is 1. The Morgan fingerprint density at radius 1 is 1.15 bits per heavy atom. The maximum Gasteiger partial charge on any atom is 0.350 e. The lowest BCUT2D eigenvalue weighted by Gasteiger charge is -2.25. The lowest BCUT2D eigenvalue weighted by molar-refractivity contribution is -0.132. The molecule has 1 aromatic heterocycles. The number of hydrogen-bond acceptors (Lipinski definition) is 10. The first-order valence-electron chi connectivity index (χ1n) is 12.3. The highest BCUT2D eigenvalue weighted by atomic mass is 32.1. The van der Waals surface area contributed by atoms with Gasteiger partial charge in [-0.1, -0.05) is 36.1 Å². The second-order valence-corrected chi connectivity index (χ2v) is 9.48. The molecule has 3 aromatic rings. The fraction of sp³-hybridized carbons (Fsp3) is 0.241. The first-order valence-corrected chi connectivity index (χ1v) is 13.1. The molecule has 2 heterocycles. The average Bonchev–Trinajstić information content (AvgIpc) is 3.47. The number of aliphatic hydroxyl groups is 1. The van der Waals surface area contributed by atoms with Gasteiger partial charge >= 0.3 is 11.9 Å². The Kier molecular flexibility index (Phi) is 8.54. The number of amides is 1. The normalized spacial score (nSPS) is 16.1. The number of Topliss-reactive ketones (excluding diaryl/α,β-unsaturated/α-hetero) is 1. The summed E-state index contributed by atoms with van der Waals surface area (Å²) in [5.41, 5.74) is 0.825. The summed E-state index contributed by atoms with van der Waals surface area (Å²) in [6.07, 6.45) is 1.60. The van der Waals surface area contributed by atoms with E-state index in [0.29, 0.717) is 34.9 Å². The van der Waals surface area contributed by atoms with E-state index in [1.807, 2.05) is 0 Å². The number of aromatic nitrogens is 1. The number of aryl methyl sites for hydroxylation is 1. The first kappa shape index (κ1) is 28.4. The molecule has 10 nitrogen and oxygen atoms in total. The molecule has 2 aromatic carbocycles. The number of carbonyl (C=O) groups is 3. The second-order valence-electron chi connectivity index (χ2n) is 8.51. The summed E-state index contributed by atoms with van der Waals surface area (Å²) in [6.45, 7) is 7.37. The Labute approximate surface area is 235 Å². The molecule has 0 radical (unpaired) electrons. The number of anilines is 1. The highest BCUT2D eigenvalue weighted by molar-refractivity contribution is 7.17. The minimum Gasteiger partial charge on any atom is -0.507 e. The number of methoxy groups -OCH3 is 2. The van der Waals surface area contributed by atoms with Crippen molar-refractivity contribution in [2.45, 2.75) is 19.9 Å². The number of rotatable bonds is 10. The van der Waals surface area contributed by atoms with Gasteiger partial charge in [-0.05, 0) is 44.2 Å². The van der Waals surface area contributed by atoms with Crippen molar-refractivity contribution in [3.05, 3.63) is 82.4 Å². The minimum absolute atomic E-state index is 0.0877. The molecular formula is C29H28N2O8S.